The van der Waals surface area contributed by atoms with Crippen molar-refractivity contribution >= 4 is 134 Å². The number of unbranched alkanes of at least 4 members (excludes halogenated alkanes) is 1. The molecule has 2 saturated heterocycles. The summed E-state index contributed by atoms with van der Waals surface area (Å²) in [6.45, 7) is 5.70. The number of para-hydroxylation sites is 2. The number of thioether (sulfide) groups is 1. The lowest BCUT2D eigenvalue weighted by Gasteiger charge is -2.33. The number of likely N-dealkylation sites (N-methyl/N-ethyl adjacent to an activating group) is 3. The van der Waals surface area contributed by atoms with Crippen LogP contribution >= 0.6 is 11.8 Å². The standard InChI is InChI=1S/C84H118N24O17S/c1-9-10-27-65-78(120)99-57(26-18-29-90-84(87)88)75(117)103-64(74(116)93-40-68(86)111)43-126-44-71(113)98-61(32-49-20-12-11-13-21-49)81(123)106(7)48(5)73(115)101-62(36-67(85)110)83(125)108-30-19-28-66(108)79(121)100-59(35-52-39-89-45-94-52)77(119)102-60(31-46(2)3)80(122)105(6)41-70(112)97-58(33-50-37-91-55-24-16-14-22-53(50)55)76(118)95-47(4)72(114)104-69(96-63(42-109)82(124)107(65)8)34-51-38-92-56-25-17-15-23-54(51)56/h11-17,20-25,37-39,45-48,57-66,69,91-92,96,109H,9-10,18-19,26-36,40-44H2,1-8H3,(H2,85,110)(H2,86,111)(H,89,94)(H,93,116)(H,95,118)(H,97,112)(H,98,113)(H,99,120)(H,100,121)(H,101,115)(H,102,119)(H,103,117)(H,104,114)(H4,87,88,90)/t47-,48-,57-,58-,59-,60-,61?,62-,63-,64-,65-,66-,69-/m0/s1. The first-order chi connectivity index (χ1) is 60.0. The number of nitrogens with two attached hydrogens (primary N) is 3. The quantitative estimate of drug-likeness (QED) is 0.0170. The highest BCUT2D eigenvalue weighted by Gasteiger charge is 2.43. The number of amides is 16. The van der Waals surface area contributed by atoms with Gasteiger partial charge in [-0.15, -0.1) is 11.8 Å². The summed E-state index contributed by atoms with van der Waals surface area (Å²) >= 11 is 0.796. The Bertz CT molecular complexity index is 4830. The van der Waals surface area contributed by atoms with E-state index in [1.54, 1.807) is 93.0 Å². The zero-order valence-electron chi connectivity index (χ0n) is 71.9. The number of nitrogens with one attached hydrogen (secondary N) is 16. The fraction of sp³-hybridized carbons (Fsp3) is 0.500. The SMILES string of the molecule is CCCC[C@H]1C(=O)N[C@@H](CCCNC(=N)N)C(=O)N[C@H](C(=O)NCC(N)=O)CSCC(=O)NC(Cc2ccccc2)C(=O)N(C)[C@@H](C)C(=O)N[C@@H](CC(N)=O)C(=O)N2CCC[C@H]2C(=O)N[C@@H](Cc2cnc[nH]2)C(=O)N[C@@H](CC(C)C)C(=O)N(C)CC(=O)N[C@@H](Cc2c[nH]c3ccccc23)C(=O)N[C@@H](C)C(=O)N[C@@H](Cc2c[nH]c3ccccc23)N[C@@H](CO)C(=O)N1C. The van der Waals surface area contributed by atoms with Crippen molar-refractivity contribution in [2.45, 2.75) is 197 Å². The first kappa shape index (κ1) is 98.4. The summed E-state index contributed by atoms with van der Waals surface area (Å²) in [6.07, 6.45) is 4.37. The number of hydrogen-bond donors (Lipinski definition) is 20. The molecule has 8 rings (SSSR count). The minimum Gasteiger partial charge on any atom is -0.394 e. The van der Waals surface area contributed by atoms with Gasteiger partial charge in [0, 0.05) is 112 Å². The van der Waals surface area contributed by atoms with E-state index in [0.29, 0.717) is 51.6 Å². The smallest absolute Gasteiger partial charge is 0.246 e. The number of nitrogens with zero attached hydrogens (tertiary/aromatic N) is 5. The average molecular weight is 1770 g/mol. The minimum absolute atomic E-state index is 0.00195. The predicted octanol–water partition coefficient (Wildman–Crippen LogP) is -3.22. The van der Waals surface area contributed by atoms with E-state index in [4.69, 9.17) is 22.6 Å². The molecule has 16 amide bonds. The monoisotopic (exact) mass is 1770 g/mol. The molecule has 0 radical (unpaired) electrons. The number of fused-ring (bicyclic) bond motifs is 3. The van der Waals surface area contributed by atoms with Gasteiger partial charge in [-0.25, -0.2) is 4.98 Å². The number of imidazole rings is 1. The van der Waals surface area contributed by atoms with Gasteiger partial charge in [-0.2, -0.15) is 0 Å². The second kappa shape index (κ2) is 47.8. The summed E-state index contributed by atoms with van der Waals surface area (Å²) in [5.41, 5.74) is 20.2. The first-order valence-corrected chi connectivity index (χ1v) is 43.0. The van der Waals surface area contributed by atoms with Crippen molar-refractivity contribution in [3.8, 4) is 0 Å². The fourth-order valence-corrected chi connectivity index (χ4v) is 15.7. The largest absolute Gasteiger partial charge is 0.394 e. The number of primary amides is 2. The third-order valence-corrected chi connectivity index (χ3v) is 22.8. The van der Waals surface area contributed by atoms with E-state index in [0.717, 1.165) is 36.7 Å². The number of H-pyrrole nitrogens is 3. The second-order valence-corrected chi connectivity index (χ2v) is 33.0. The van der Waals surface area contributed by atoms with Gasteiger partial charge < -0.3 is 115 Å². The van der Waals surface area contributed by atoms with Crippen molar-refractivity contribution in [3.05, 3.63) is 126 Å². The molecule has 23 N–H and O–H groups in total. The Morgan fingerprint density at radius 1 is 0.587 bits per heavy atom. The first-order valence-electron chi connectivity index (χ1n) is 41.8. The van der Waals surface area contributed by atoms with Crippen LogP contribution in [0.15, 0.2) is 104 Å². The highest BCUT2D eigenvalue weighted by atomic mass is 32.2. The lowest BCUT2D eigenvalue weighted by molar-refractivity contribution is -0.145. The van der Waals surface area contributed by atoms with E-state index >= 15 is 9.59 Å². The van der Waals surface area contributed by atoms with Crippen molar-refractivity contribution in [2.24, 2.45) is 23.1 Å². The van der Waals surface area contributed by atoms with Crippen LogP contribution in [0.2, 0.25) is 0 Å². The number of aromatic nitrogens is 4. The van der Waals surface area contributed by atoms with Gasteiger partial charge >= 0.3 is 0 Å². The van der Waals surface area contributed by atoms with Crippen LogP contribution in [0.5, 0.6) is 0 Å². The molecular weight excluding hydrogens is 1650 g/mol. The molecule has 3 aromatic carbocycles. The van der Waals surface area contributed by atoms with E-state index < -0.39 is 217 Å². The van der Waals surface area contributed by atoms with Gasteiger partial charge in [-0.1, -0.05) is 100 Å². The number of carbonyl (C=O) groups is 16. The minimum atomic E-state index is -1.73. The van der Waals surface area contributed by atoms with Crippen LogP contribution in [0.3, 0.4) is 0 Å². The Labute approximate surface area is 732 Å². The van der Waals surface area contributed by atoms with Crippen molar-refractivity contribution in [2.75, 3.05) is 65.4 Å². The Balaban J connectivity index is 1.15. The summed E-state index contributed by atoms with van der Waals surface area (Å²) in [5.74, 6) is -15.8. The molecule has 682 valence electrons. The second-order valence-electron chi connectivity index (χ2n) is 31.9. The molecule has 42 heteroatoms. The average Bonchev–Trinajstić information content (AvgIpc) is 1.62. The fourth-order valence-electron chi connectivity index (χ4n) is 14.9. The van der Waals surface area contributed by atoms with Gasteiger partial charge in [0.1, 0.15) is 72.5 Å². The topological polar surface area (TPSA) is 613 Å². The third-order valence-electron chi connectivity index (χ3n) is 21.7. The Hall–Kier alpha value is -13.0. The Morgan fingerprint density at radius 3 is 1.82 bits per heavy atom. The maximum atomic E-state index is 15.1. The highest BCUT2D eigenvalue weighted by molar-refractivity contribution is 8.00. The lowest BCUT2D eigenvalue weighted by Crippen LogP contribution is -2.62. The molecule has 0 aliphatic carbocycles. The lowest BCUT2D eigenvalue weighted by atomic mass is 10.0. The molecular formula is C84H118N24O17S. The highest BCUT2D eigenvalue weighted by Crippen LogP contribution is 2.25. The summed E-state index contributed by atoms with van der Waals surface area (Å²) in [7, 11) is 3.87. The Morgan fingerprint density at radius 2 is 1.19 bits per heavy atom. The number of benzene rings is 3. The maximum absolute atomic E-state index is 15.1. The van der Waals surface area contributed by atoms with Gasteiger partial charge in [0.15, 0.2) is 5.96 Å². The van der Waals surface area contributed by atoms with E-state index in [2.05, 4.69) is 83.7 Å². The summed E-state index contributed by atoms with van der Waals surface area (Å²) < 4.78 is 0. The number of guanidine groups is 1. The zero-order valence-corrected chi connectivity index (χ0v) is 72.7. The number of aliphatic hydroxyl groups is 1. The Kier molecular flexibility index (Phi) is 37.3. The van der Waals surface area contributed by atoms with Crippen molar-refractivity contribution in [1.82, 2.24) is 103 Å². The molecule has 3 aromatic heterocycles. The van der Waals surface area contributed by atoms with Crippen LogP contribution in [0.25, 0.3) is 21.8 Å². The number of aromatic amines is 3. The molecule has 5 heterocycles. The van der Waals surface area contributed by atoms with Crippen LogP contribution in [-0.2, 0) is 102 Å². The number of hydrogen-bond acceptors (Lipinski definition) is 21. The molecule has 2 fully saturated rings. The molecule has 0 bridgehead atoms. The molecule has 2 aliphatic rings. The molecule has 41 nitrogen and oxygen atoms in total. The normalized spacial score (nSPS) is 23.9. The molecule has 13 atom stereocenters. The summed E-state index contributed by atoms with van der Waals surface area (Å²) in [5, 5.41) is 52.9. The predicted molar refractivity (Wildman–Crippen MR) is 466 cm³/mol. The van der Waals surface area contributed by atoms with Crippen LogP contribution in [-0.4, -0.2) is 289 Å². The zero-order chi connectivity index (χ0) is 92.0. The van der Waals surface area contributed by atoms with E-state index in [9.17, 15) is 72.2 Å². The summed E-state index contributed by atoms with van der Waals surface area (Å²) in [6, 6.07) is 5.16. The number of carbonyl (C=O) groups excluding carboxylic acids is 16. The van der Waals surface area contributed by atoms with Crippen LogP contribution < -0.4 is 81.0 Å². The maximum Gasteiger partial charge on any atom is 0.246 e. The van der Waals surface area contributed by atoms with Gasteiger partial charge in [0.05, 0.1) is 44.4 Å². The van der Waals surface area contributed by atoms with Gasteiger partial charge in [0.2, 0.25) is 94.5 Å². The molecule has 0 saturated carbocycles. The van der Waals surface area contributed by atoms with E-state index in [1.807, 2.05) is 19.1 Å². The van der Waals surface area contributed by atoms with Crippen LogP contribution in [0, 0.1) is 11.3 Å². The number of aliphatic hydroxyl groups excluding tert-OH is 1. The van der Waals surface area contributed by atoms with Crippen molar-refractivity contribution < 1.29 is 81.8 Å². The van der Waals surface area contributed by atoms with Crippen LogP contribution in [0.1, 0.15) is 115 Å². The van der Waals surface area contributed by atoms with Crippen molar-refractivity contribution in [3.63, 3.8) is 0 Å². The van der Waals surface area contributed by atoms with Crippen LogP contribution in [0.4, 0.5) is 0 Å². The molecule has 126 heavy (non-hydrogen) atoms. The molecule has 2 aliphatic heterocycles. The van der Waals surface area contributed by atoms with E-state index in [1.165, 1.54) is 47.5 Å². The third kappa shape index (κ3) is 28.8. The van der Waals surface area contributed by atoms with Gasteiger partial charge in [0.25, 0.3) is 0 Å². The molecule has 6 aromatic rings. The van der Waals surface area contributed by atoms with E-state index in [-0.39, 0.29) is 83.2 Å². The van der Waals surface area contributed by atoms with Gasteiger partial charge in [-0.3, -0.25) is 87.4 Å². The molecule has 0 spiro atoms. The van der Waals surface area contributed by atoms with Crippen molar-refractivity contribution in [1.29, 1.82) is 5.41 Å². The number of rotatable bonds is 23. The summed E-state index contributed by atoms with van der Waals surface area (Å²) in [4.78, 5) is 248. The van der Waals surface area contributed by atoms with Gasteiger partial charge in [-0.05, 0) is 87.1 Å². The molecule has 1 unspecified atom stereocenters.